The van der Waals surface area contributed by atoms with Gasteiger partial charge < -0.3 is 29.8 Å². The van der Waals surface area contributed by atoms with E-state index < -0.39 is 0 Å². The second kappa shape index (κ2) is 22.9. The zero-order valence-corrected chi connectivity index (χ0v) is 41.1. The molecular formula is C57H68ClN6O6+. The number of carbonyl (C=O) groups excluding carboxylic acids is 6. The van der Waals surface area contributed by atoms with Gasteiger partial charge in [-0.3, -0.25) is 28.8 Å². The summed E-state index contributed by atoms with van der Waals surface area (Å²) in [7, 11) is 0. The number of benzene rings is 4. The average molecular weight is 969 g/mol. The largest absolute Gasteiger partial charge is 1.00 e. The molecule has 13 heteroatoms. The van der Waals surface area contributed by atoms with Gasteiger partial charge in [-0.1, -0.05) is 130 Å². The summed E-state index contributed by atoms with van der Waals surface area (Å²) in [6, 6.07) is 34.5. The van der Waals surface area contributed by atoms with Crippen molar-refractivity contribution in [1.29, 1.82) is 0 Å². The third-order valence-corrected chi connectivity index (χ3v) is 16.1. The second-order valence-corrected chi connectivity index (χ2v) is 20.4. The van der Waals surface area contributed by atoms with Crippen LogP contribution in [-0.4, -0.2) is 118 Å². The van der Waals surface area contributed by atoms with E-state index in [0.29, 0.717) is 25.2 Å². The van der Waals surface area contributed by atoms with Crippen molar-refractivity contribution in [1.82, 2.24) is 29.8 Å². The predicted molar refractivity (Wildman–Crippen MR) is 271 cm³/mol. The fourth-order valence-corrected chi connectivity index (χ4v) is 12.2. The Hall–Kier alpha value is -5.85. The van der Waals surface area contributed by atoms with Gasteiger partial charge in [0, 0.05) is 56.7 Å². The maximum atomic E-state index is 12.8. The summed E-state index contributed by atoms with van der Waals surface area (Å²) < 4.78 is 0. The smallest absolute Gasteiger partial charge is 0.333 e. The molecule has 0 aromatic heterocycles. The number of hydrogen-bond donors (Lipinski definition) is 1. The van der Waals surface area contributed by atoms with Crippen molar-refractivity contribution in [2.75, 3.05) is 58.9 Å². The van der Waals surface area contributed by atoms with E-state index in [1.54, 1.807) is 17.0 Å². The fraction of sp³-hybridized carbons (Fsp3) is 0.474. The Balaban J connectivity index is 0.000000133. The lowest BCUT2D eigenvalue weighted by molar-refractivity contribution is -0.152. The van der Waals surface area contributed by atoms with Gasteiger partial charge in [0.25, 0.3) is 5.91 Å². The first kappa shape index (κ1) is 49.1. The van der Waals surface area contributed by atoms with Crippen LogP contribution in [0.25, 0.3) is 0 Å². The first-order chi connectivity index (χ1) is 34.1. The van der Waals surface area contributed by atoms with E-state index in [1.165, 1.54) is 59.1 Å². The monoisotopic (exact) mass is 967 g/mol. The Labute approximate surface area is 419 Å². The van der Waals surface area contributed by atoms with Crippen LogP contribution in [0.2, 0.25) is 0 Å². The van der Waals surface area contributed by atoms with Crippen molar-refractivity contribution < 1.29 is 30.2 Å². The minimum atomic E-state index is -0.130. The lowest BCUT2D eigenvalue weighted by Crippen LogP contribution is -2.56. The molecule has 12 rings (SSSR count). The first-order valence-electron chi connectivity index (χ1n) is 25.8. The molecule has 1 N–H and O–H groups in total. The summed E-state index contributed by atoms with van der Waals surface area (Å²) >= 11 is 5.32. The third-order valence-electron chi connectivity index (χ3n) is 15.8. The molecule has 4 aromatic rings. The molecule has 70 heavy (non-hydrogen) atoms. The number of rotatable bonds is 3. The van der Waals surface area contributed by atoms with E-state index in [2.05, 4.69) is 59.9 Å². The second-order valence-electron chi connectivity index (χ2n) is 20.0. The minimum Gasteiger partial charge on any atom is -0.333 e. The topological polar surface area (TPSA) is 131 Å². The summed E-state index contributed by atoms with van der Waals surface area (Å²) in [4.78, 5) is 82.3. The summed E-state index contributed by atoms with van der Waals surface area (Å²) in [5.74, 6) is 0.852. The number of hydrogen-bond acceptors (Lipinski definition) is 7. The van der Waals surface area contributed by atoms with Crippen LogP contribution in [0.1, 0.15) is 127 Å². The van der Waals surface area contributed by atoms with Crippen LogP contribution in [0.5, 0.6) is 0 Å². The number of fused-ring (bicyclic) bond motifs is 9. The Morgan fingerprint density at radius 2 is 0.929 bits per heavy atom. The van der Waals surface area contributed by atoms with Gasteiger partial charge in [-0.2, -0.15) is 0 Å². The van der Waals surface area contributed by atoms with Gasteiger partial charge in [0.05, 0.1) is 31.2 Å². The van der Waals surface area contributed by atoms with Gasteiger partial charge in [-0.25, -0.2) is 0 Å². The van der Waals surface area contributed by atoms with Crippen LogP contribution in [0, 0.1) is 11.8 Å². The molecule has 2 saturated carbocycles. The lowest BCUT2D eigenvalue weighted by Gasteiger charge is -2.45. The molecule has 2 aliphatic carbocycles. The Morgan fingerprint density at radius 1 is 0.500 bits per heavy atom. The molecule has 4 aromatic carbocycles. The lowest BCUT2D eigenvalue weighted by atomic mass is 9.87. The van der Waals surface area contributed by atoms with Gasteiger partial charge in [-0.05, 0) is 102 Å². The Morgan fingerprint density at radius 3 is 1.43 bits per heavy atom. The molecule has 0 radical (unpaired) electrons. The normalized spacial score (nSPS) is 22.9. The van der Waals surface area contributed by atoms with Gasteiger partial charge in [0.15, 0.2) is 0 Å². The highest BCUT2D eigenvalue weighted by molar-refractivity contribution is 6.64. The van der Waals surface area contributed by atoms with Crippen LogP contribution < -0.4 is 5.32 Å². The summed E-state index contributed by atoms with van der Waals surface area (Å²) in [5, 5.41) is 3.05. The van der Waals surface area contributed by atoms with Crippen LogP contribution in [0.4, 0.5) is 0 Å². The molecule has 8 aliphatic rings. The van der Waals surface area contributed by atoms with E-state index in [4.69, 9.17) is 11.6 Å². The summed E-state index contributed by atoms with van der Waals surface area (Å²) in [6.45, 7) is 5.47. The fourth-order valence-electron chi connectivity index (χ4n) is 12.0. The van der Waals surface area contributed by atoms with Crippen molar-refractivity contribution in [2.45, 2.75) is 102 Å². The zero-order valence-electron chi connectivity index (χ0n) is 41.3. The van der Waals surface area contributed by atoms with Gasteiger partial charge in [0.2, 0.25) is 28.9 Å². The molecule has 12 nitrogen and oxygen atoms in total. The van der Waals surface area contributed by atoms with E-state index in [1.807, 2.05) is 56.0 Å². The molecule has 6 heterocycles. The van der Waals surface area contributed by atoms with Crippen molar-refractivity contribution in [3.63, 3.8) is 0 Å². The van der Waals surface area contributed by atoms with E-state index in [9.17, 15) is 28.8 Å². The highest BCUT2D eigenvalue weighted by atomic mass is 35.5. The Bertz CT molecular complexity index is 2530. The van der Waals surface area contributed by atoms with Crippen molar-refractivity contribution >= 4 is 46.4 Å². The molecule has 5 fully saturated rings. The van der Waals surface area contributed by atoms with Crippen LogP contribution in [-0.2, 0) is 43.2 Å². The minimum absolute atomic E-state index is 0. The number of amides is 5. The van der Waals surface area contributed by atoms with E-state index in [0.717, 1.165) is 84.0 Å². The molecule has 3 saturated heterocycles. The van der Waals surface area contributed by atoms with Crippen LogP contribution in [0.3, 0.4) is 0 Å². The van der Waals surface area contributed by atoms with Crippen molar-refractivity contribution in [3.8, 4) is 0 Å². The maximum absolute atomic E-state index is 12.8. The molecular weight excluding hydrogens is 900 g/mol. The number of carbonyl (C=O) groups is 6. The van der Waals surface area contributed by atoms with Crippen molar-refractivity contribution in [3.05, 3.63) is 142 Å². The number of halogens is 1. The standard InChI is InChI=1S/C19H24N2O2.C19H18N2O2.C12H14N2O.C7H11ClO/c2*22-18-13-20(19(23)15-7-2-1-3-8-15)12-17-16-9-5-4-6-14(16)10-11-21(17)18;15-12-8-13-7-11-10-4-2-1-3-9(10)5-6-14(11)12;8-7(9)6-4-2-1-3-5-6/h4-6,9,15,17H,1-3,7-8,10-13H2;1-9,17H,10-13H2;1-4,11,13H,5-8H2;6H,1-5H2/p+1/t2*17-;11-;/m000./s1. The number of nitrogens with zero attached hydrogens (tertiary/aromatic N) is 5. The Kier molecular flexibility index (Phi) is 16.1. The highest BCUT2D eigenvalue weighted by Crippen LogP contribution is 2.36. The van der Waals surface area contributed by atoms with Gasteiger partial charge >= 0.3 is 1.43 Å². The molecule has 0 spiro atoms. The molecule has 6 aliphatic heterocycles. The zero-order chi connectivity index (χ0) is 48.6. The molecule has 0 unspecified atom stereocenters. The maximum Gasteiger partial charge on any atom is 1.00 e. The van der Waals surface area contributed by atoms with Crippen LogP contribution in [0.15, 0.2) is 103 Å². The predicted octanol–water partition coefficient (Wildman–Crippen LogP) is 7.96. The van der Waals surface area contributed by atoms with Crippen molar-refractivity contribution in [2.24, 2.45) is 11.8 Å². The molecule has 368 valence electrons. The summed E-state index contributed by atoms with van der Waals surface area (Å²) in [6.07, 6.45) is 14.0. The van der Waals surface area contributed by atoms with E-state index in [-0.39, 0.29) is 79.3 Å². The molecule has 5 amide bonds. The summed E-state index contributed by atoms with van der Waals surface area (Å²) in [5.41, 5.74) is 8.38. The number of nitrogens with one attached hydrogen (secondary N) is 1. The van der Waals surface area contributed by atoms with Gasteiger partial charge in [0.1, 0.15) is 6.54 Å². The quantitative estimate of drug-likeness (QED) is 0.206. The highest BCUT2D eigenvalue weighted by Gasteiger charge is 2.41. The first-order valence-corrected chi connectivity index (χ1v) is 26.2. The van der Waals surface area contributed by atoms with E-state index >= 15 is 0 Å². The molecule has 3 atom stereocenters. The third kappa shape index (κ3) is 11.2. The van der Waals surface area contributed by atoms with Gasteiger partial charge in [-0.15, -0.1) is 0 Å². The average Bonchev–Trinajstić information content (AvgIpc) is 3.41. The van der Waals surface area contributed by atoms with Crippen LogP contribution >= 0.6 is 11.6 Å². The number of piperazine rings is 3. The SMILES string of the molecule is O=C(C1CCCCC1)N1CC(=O)N2CCc3ccccc3[C@@H]2C1.O=C(Cl)C1CCCCC1.O=C(c1ccccc1)N1CC(=O)N2CCc3ccccc3[C@@H]2C1.O=C1CNC[C@H]2c3ccccc3CCN12.[H+]. The molecule has 0 bridgehead atoms.